The molecule has 16 heavy (non-hydrogen) atoms. The molecule has 5 nitrogen and oxygen atoms in total. The Morgan fingerprint density at radius 1 is 1.38 bits per heavy atom. The van der Waals surface area contributed by atoms with Gasteiger partial charge in [0.2, 0.25) is 5.91 Å². The molecule has 0 unspecified atom stereocenters. The van der Waals surface area contributed by atoms with Crippen molar-refractivity contribution >= 4 is 15.7 Å². The van der Waals surface area contributed by atoms with Gasteiger partial charge in [0.05, 0.1) is 16.4 Å². The Morgan fingerprint density at radius 2 is 2.00 bits per heavy atom. The van der Waals surface area contributed by atoms with Crippen molar-refractivity contribution in [1.82, 2.24) is 10.2 Å². The molecule has 6 heteroatoms. The lowest BCUT2D eigenvalue weighted by Gasteiger charge is -2.40. The molecule has 2 aliphatic heterocycles. The summed E-state index contributed by atoms with van der Waals surface area (Å²) in [5.74, 6) is 0.240. The van der Waals surface area contributed by atoms with Crippen molar-refractivity contribution in [3.05, 3.63) is 0 Å². The van der Waals surface area contributed by atoms with Crippen molar-refractivity contribution in [2.45, 2.75) is 18.6 Å². The third-order valence-electron chi connectivity index (χ3n) is 3.49. The van der Waals surface area contributed by atoms with Crippen LogP contribution in [0.1, 0.15) is 13.8 Å². The second kappa shape index (κ2) is 3.70. The predicted octanol–water partition coefficient (Wildman–Crippen LogP) is -0.759. The number of rotatable bonds is 1. The van der Waals surface area contributed by atoms with Gasteiger partial charge in [-0.25, -0.2) is 8.42 Å². The third-order valence-corrected chi connectivity index (χ3v) is 6.02. The molecule has 2 fully saturated rings. The van der Waals surface area contributed by atoms with E-state index in [1.54, 1.807) is 18.7 Å². The summed E-state index contributed by atoms with van der Waals surface area (Å²) in [6.07, 6.45) is 0. The molecule has 0 aliphatic carbocycles. The van der Waals surface area contributed by atoms with Crippen LogP contribution in [0, 0.1) is 5.92 Å². The summed E-state index contributed by atoms with van der Waals surface area (Å²) in [6, 6.07) is 0. The molecule has 2 rings (SSSR count). The summed E-state index contributed by atoms with van der Waals surface area (Å²) in [4.78, 5) is 13.7. The first-order valence-corrected chi connectivity index (χ1v) is 7.20. The van der Waals surface area contributed by atoms with Crippen molar-refractivity contribution in [2.24, 2.45) is 5.92 Å². The molecular formula is C10H18N2O3S. The minimum Gasteiger partial charge on any atom is -0.340 e. The molecule has 92 valence electrons. The summed E-state index contributed by atoms with van der Waals surface area (Å²) in [5.41, 5.74) is 0. The standard InChI is InChI=1S/C10H18N2O3S/c1-10(2)7-12(3-4-16(10,14)15)9(13)8-5-11-6-8/h8,11H,3-7H2,1-2H3. The number of sulfone groups is 1. The van der Waals surface area contributed by atoms with Gasteiger partial charge in [-0.1, -0.05) is 0 Å². The van der Waals surface area contributed by atoms with Gasteiger partial charge in [0, 0.05) is 26.2 Å². The minimum absolute atomic E-state index is 0.0524. The highest BCUT2D eigenvalue weighted by Gasteiger charge is 2.43. The maximum Gasteiger partial charge on any atom is 0.228 e. The first kappa shape index (κ1) is 11.9. The molecule has 0 aromatic carbocycles. The first-order chi connectivity index (χ1) is 7.33. The Bertz CT molecular complexity index is 398. The van der Waals surface area contributed by atoms with E-state index in [9.17, 15) is 13.2 Å². The van der Waals surface area contributed by atoms with Gasteiger partial charge in [-0.05, 0) is 13.8 Å². The number of amides is 1. The molecule has 0 spiro atoms. The number of nitrogens with one attached hydrogen (secondary N) is 1. The highest BCUT2D eigenvalue weighted by Crippen LogP contribution is 2.25. The fourth-order valence-corrected chi connectivity index (χ4v) is 3.42. The van der Waals surface area contributed by atoms with Crippen LogP contribution >= 0.6 is 0 Å². The van der Waals surface area contributed by atoms with Crippen molar-refractivity contribution in [3.63, 3.8) is 0 Å². The van der Waals surface area contributed by atoms with E-state index in [2.05, 4.69) is 5.32 Å². The van der Waals surface area contributed by atoms with Gasteiger partial charge in [-0.15, -0.1) is 0 Å². The van der Waals surface area contributed by atoms with Crippen molar-refractivity contribution in [1.29, 1.82) is 0 Å². The Labute approximate surface area is 96.1 Å². The molecule has 1 N–H and O–H groups in total. The quantitative estimate of drug-likeness (QED) is 0.660. The maximum absolute atomic E-state index is 12.0. The molecule has 2 heterocycles. The van der Waals surface area contributed by atoms with E-state index in [0.29, 0.717) is 13.1 Å². The second-order valence-electron chi connectivity index (χ2n) is 5.19. The molecule has 2 aliphatic rings. The fourth-order valence-electron chi connectivity index (χ4n) is 2.05. The van der Waals surface area contributed by atoms with E-state index in [1.165, 1.54) is 0 Å². The number of nitrogens with zero attached hydrogens (tertiary/aromatic N) is 1. The third kappa shape index (κ3) is 1.84. The number of carbonyl (C=O) groups is 1. The number of carbonyl (C=O) groups excluding carboxylic acids is 1. The first-order valence-electron chi connectivity index (χ1n) is 5.55. The molecule has 0 aromatic heterocycles. The highest BCUT2D eigenvalue weighted by molar-refractivity contribution is 7.92. The van der Waals surface area contributed by atoms with E-state index in [4.69, 9.17) is 0 Å². The molecule has 2 saturated heterocycles. The van der Waals surface area contributed by atoms with Crippen LogP contribution in [0.15, 0.2) is 0 Å². The summed E-state index contributed by atoms with van der Waals surface area (Å²) in [6.45, 7) is 5.51. The van der Waals surface area contributed by atoms with Gasteiger partial charge in [0.25, 0.3) is 0 Å². The lowest BCUT2D eigenvalue weighted by Crippen LogP contribution is -2.59. The maximum atomic E-state index is 12.0. The largest absolute Gasteiger partial charge is 0.340 e. The van der Waals surface area contributed by atoms with E-state index in [-0.39, 0.29) is 17.6 Å². The Morgan fingerprint density at radius 3 is 2.44 bits per heavy atom. The van der Waals surface area contributed by atoms with Crippen LogP contribution in [-0.2, 0) is 14.6 Å². The SMILES string of the molecule is CC1(C)CN(C(=O)C2CNC2)CCS1(=O)=O. The zero-order valence-electron chi connectivity index (χ0n) is 9.69. The van der Waals surface area contributed by atoms with Crippen molar-refractivity contribution in [3.8, 4) is 0 Å². The number of hydrogen-bond donors (Lipinski definition) is 1. The van der Waals surface area contributed by atoms with Gasteiger partial charge in [-0.3, -0.25) is 4.79 Å². The summed E-state index contributed by atoms with van der Waals surface area (Å²) >= 11 is 0. The highest BCUT2D eigenvalue weighted by atomic mass is 32.2. The van der Waals surface area contributed by atoms with Crippen LogP contribution < -0.4 is 5.32 Å². The monoisotopic (exact) mass is 246 g/mol. The summed E-state index contributed by atoms with van der Waals surface area (Å²) in [5, 5.41) is 3.05. The van der Waals surface area contributed by atoms with Gasteiger partial charge >= 0.3 is 0 Å². The van der Waals surface area contributed by atoms with Crippen LogP contribution in [0.25, 0.3) is 0 Å². The van der Waals surface area contributed by atoms with Crippen LogP contribution in [-0.4, -0.2) is 55.9 Å². The molecule has 0 radical (unpaired) electrons. The zero-order chi connectivity index (χ0) is 12.0. The predicted molar refractivity (Wildman–Crippen MR) is 60.8 cm³/mol. The number of hydrogen-bond acceptors (Lipinski definition) is 4. The molecule has 0 atom stereocenters. The van der Waals surface area contributed by atoms with E-state index in [0.717, 1.165) is 13.1 Å². The lowest BCUT2D eigenvalue weighted by molar-refractivity contribution is -0.137. The molecule has 0 saturated carbocycles. The van der Waals surface area contributed by atoms with Crippen LogP contribution in [0.5, 0.6) is 0 Å². The van der Waals surface area contributed by atoms with E-state index < -0.39 is 14.6 Å². The van der Waals surface area contributed by atoms with E-state index in [1.807, 2.05) is 0 Å². The molecule has 0 aromatic rings. The topological polar surface area (TPSA) is 66.5 Å². The lowest BCUT2D eigenvalue weighted by atomic mass is 10.0. The van der Waals surface area contributed by atoms with Gasteiger partial charge in [-0.2, -0.15) is 0 Å². The zero-order valence-corrected chi connectivity index (χ0v) is 10.5. The molecule has 1 amide bonds. The van der Waals surface area contributed by atoms with Gasteiger partial charge < -0.3 is 10.2 Å². The summed E-state index contributed by atoms with van der Waals surface area (Å²) < 4.78 is 22.7. The Balaban J connectivity index is 2.08. The average molecular weight is 246 g/mol. The second-order valence-corrected chi connectivity index (χ2v) is 7.94. The van der Waals surface area contributed by atoms with Crippen LogP contribution in [0.4, 0.5) is 0 Å². The summed E-state index contributed by atoms with van der Waals surface area (Å²) in [7, 11) is -3.05. The van der Waals surface area contributed by atoms with Crippen LogP contribution in [0.3, 0.4) is 0 Å². The van der Waals surface area contributed by atoms with E-state index >= 15 is 0 Å². The fraction of sp³-hybridized carbons (Fsp3) is 0.900. The molecular weight excluding hydrogens is 228 g/mol. The van der Waals surface area contributed by atoms with Gasteiger partial charge in [0.15, 0.2) is 9.84 Å². The van der Waals surface area contributed by atoms with Crippen molar-refractivity contribution in [2.75, 3.05) is 31.9 Å². The Hall–Kier alpha value is -0.620. The van der Waals surface area contributed by atoms with Crippen LogP contribution in [0.2, 0.25) is 0 Å². The van der Waals surface area contributed by atoms with Crippen molar-refractivity contribution < 1.29 is 13.2 Å². The Kier molecular flexibility index (Phi) is 2.74. The molecule has 0 bridgehead atoms. The average Bonchev–Trinajstić information content (AvgIpc) is 2.06. The normalized spacial score (nSPS) is 28.5. The van der Waals surface area contributed by atoms with Gasteiger partial charge in [0.1, 0.15) is 0 Å². The smallest absolute Gasteiger partial charge is 0.228 e. The minimum atomic E-state index is -3.05.